The molecule has 16 heavy (non-hydrogen) atoms. The van der Waals surface area contributed by atoms with E-state index in [0.29, 0.717) is 5.92 Å². The van der Waals surface area contributed by atoms with Crippen LogP contribution in [0.1, 0.15) is 47.0 Å². The highest BCUT2D eigenvalue weighted by Crippen LogP contribution is 2.26. The highest BCUT2D eigenvalue weighted by molar-refractivity contribution is 4.80. The highest BCUT2D eigenvalue weighted by atomic mass is 16.3. The first kappa shape index (κ1) is 14.0. The van der Waals surface area contributed by atoms with Crippen LogP contribution in [0.2, 0.25) is 0 Å². The zero-order valence-electron chi connectivity index (χ0n) is 11.4. The lowest BCUT2D eigenvalue weighted by atomic mass is 10.0. The Kier molecular flexibility index (Phi) is 5.77. The van der Waals surface area contributed by atoms with Crippen LogP contribution in [0.25, 0.3) is 0 Å². The van der Waals surface area contributed by atoms with Crippen molar-refractivity contribution >= 4 is 0 Å². The van der Waals surface area contributed by atoms with Gasteiger partial charge in [-0.3, -0.25) is 0 Å². The second kappa shape index (κ2) is 6.61. The molecule has 2 nitrogen and oxygen atoms in total. The molecular weight excluding hydrogens is 198 g/mol. The molecule has 1 aliphatic rings. The summed E-state index contributed by atoms with van der Waals surface area (Å²) in [5, 5.41) is 9.88. The minimum absolute atomic E-state index is 0.0400. The summed E-state index contributed by atoms with van der Waals surface area (Å²) in [4.78, 5) is 2.55. The van der Waals surface area contributed by atoms with Crippen LogP contribution in [0.15, 0.2) is 0 Å². The van der Waals surface area contributed by atoms with Gasteiger partial charge in [-0.15, -0.1) is 0 Å². The van der Waals surface area contributed by atoms with Crippen molar-refractivity contribution in [2.45, 2.75) is 53.1 Å². The van der Waals surface area contributed by atoms with Gasteiger partial charge in [-0.05, 0) is 30.6 Å². The number of aliphatic hydroxyl groups is 1. The third-order valence-corrected chi connectivity index (χ3v) is 3.36. The Labute approximate surface area is 101 Å². The number of hydrogen-bond acceptors (Lipinski definition) is 2. The van der Waals surface area contributed by atoms with Gasteiger partial charge >= 0.3 is 0 Å². The van der Waals surface area contributed by atoms with E-state index in [2.05, 4.69) is 32.6 Å². The largest absolute Gasteiger partial charge is 0.393 e. The maximum atomic E-state index is 9.88. The molecule has 0 heterocycles. The van der Waals surface area contributed by atoms with Gasteiger partial charge in [0.15, 0.2) is 0 Å². The lowest BCUT2D eigenvalue weighted by Crippen LogP contribution is -2.37. The third kappa shape index (κ3) is 4.84. The van der Waals surface area contributed by atoms with E-state index in [1.54, 1.807) is 0 Å². The van der Waals surface area contributed by atoms with Crippen molar-refractivity contribution in [3.05, 3.63) is 0 Å². The monoisotopic (exact) mass is 227 g/mol. The molecule has 0 aromatic carbocycles. The molecule has 0 aromatic heterocycles. The van der Waals surface area contributed by atoms with Crippen molar-refractivity contribution in [3.8, 4) is 0 Å². The molecule has 2 atom stereocenters. The van der Waals surface area contributed by atoms with Crippen molar-refractivity contribution in [3.63, 3.8) is 0 Å². The zero-order valence-corrected chi connectivity index (χ0v) is 11.4. The number of nitrogens with zero attached hydrogens (tertiary/aromatic N) is 1. The predicted molar refractivity (Wildman–Crippen MR) is 69.5 cm³/mol. The maximum Gasteiger partial charge on any atom is 0.0580 e. The van der Waals surface area contributed by atoms with Crippen molar-refractivity contribution in [2.75, 3.05) is 19.6 Å². The molecule has 0 spiro atoms. The minimum Gasteiger partial charge on any atom is -0.393 e. The molecular formula is C14H29NO. The van der Waals surface area contributed by atoms with Gasteiger partial charge in [-0.1, -0.05) is 34.1 Å². The van der Waals surface area contributed by atoms with Gasteiger partial charge in [-0.25, -0.2) is 0 Å². The molecule has 2 unspecified atom stereocenters. The van der Waals surface area contributed by atoms with E-state index in [0.717, 1.165) is 24.8 Å². The smallest absolute Gasteiger partial charge is 0.0580 e. The summed E-state index contributed by atoms with van der Waals surface area (Å²) in [6.07, 6.45) is 3.40. The van der Waals surface area contributed by atoms with E-state index in [-0.39, 0.29) is 6.10 Å². The summed E-state index contributed by atoms with van der Waals surface area (Å²) in [6, 6.07) is 0. The Bertz CT molecular complexity index is 181. The van der Waals surface area contributed by atoms with Gasteiger partial charge in [0, 0.05) is 19.6 Å². The van der Waals surface area contributed by atoms with Crippen LogP contribution >= 0.6 is 0 Å². The van der Waals surface area contributed by atoms with Crippen molar-refractivity contribution in [1.29, 1.82) is 0 Å². The lowest BCUT2D eigenvalue weighted by molar-refractivity contribution is 0.0930. The SMILES string of the molecule is CC(C)CN(CC(C)C)CC1CCCC1O. The van der Waals surface area contributed by atoms with Gasteiger partial charge in [0.1, 0.15) is 0 Å². The van der Waals surface area contributed by atoms with Crippen molar-refractivity contribution in [1.82, 2.24) is 4.90 Å². The van der Waals surface area contributed by atoms with Crippen LogP contribution in [-0.2, 0) is 0 Å². The average molecular weight is 227 g/mol. The molecule has 0 radical (unpaired) electrons. The number of hydrogen-bond donors (Lipinski definition) is 1. The number of rotatable bonds is 6. The topological polar surface area (TPSA) is 23.5 Å². The molecule has 1 rings (SSSR count). The Morgan fingerprint density at radius 1 is 1.06 bits per heavy atom. The van der Waals surface area contributed by atoms with E-state index in [1.165, 1.54) is 25.9 Å². The zero-order chi connectivity index (χ0) is 12.1. The van der Waals surface area contributed by atoms with Crippen molar-refractivity contribution in [2.24, 2.45) is 17.8 Å². The molecule has 0 bridgehead atoms. The normalized spacial score (nSPS) is 26.2. The van der Waals surface area contributed by atoms with E-state index >= 15 is 0 Å². The van der Waals surface area contributed by atoms with E-state index in [1.807, 2.05) is 0 Å². The number of aliphatic hydroxyl groups excluding tert-OH is 1. The second-order valence-electron chi connectivity index (χ2n) is 6.26. The minimum atomic E-state index is -0.0400. The molecule has 0 aliphatic heterocycles. The third-order valence-electron chi connectivity index (χ3n) is 3.36. The first-order chi connectivity index (χ1) is 7.49. The molecule has 1 aliphatic carbocycles. The molecule has 96 valence electrons. The van der Waals surface area contributed by atoms with Crippen LogP contribution in [0.3, 0.4) is 0 Å². The first-order valence-corrected chi connectivity index (χ1v) is 6.89. The fraction of sp³-hybridized carbons (Fsp3) is 1.00. The van der Waals surface area contributed by atoms with Crippen LogP contribution < -0.4 is 0 Å². The standard InChI is InChI=1S/C14H29NO/c1-11(2)8-15(9-12(3)4)10-13-6-5-7-14(13)16/h11-14,16H,5-10H2,1-4H3. The summed E-state index contributed by atoms with van der Waals surface area (Å²) >= 11 is 0. The van der Waals surface area contributed by atoms with E-state index < -0.39 is 0 Å². The molecule has 2 heteroatoms. The summed E-state index contributed by atoms with van der Waals surface area (Å²) in [7, 11) is 0. The molecule has 1 saturated carbocycles. The summed E-state index contributed by atoms with van der Waals surface area (Å²) < 4.78 is 0. The molecule has 1 N–H and O–H groups in total. The van der Waals surface area contributed by atoms with Gasteiger partial charge < -0.3 is 10.0 Å². The molecule has 0 aromatic rings. The van der Waals surface area contributed by atoms with E-state index in [4.69, 9.17) is 0 Å². The van der Waals surface area contributed by atoms with Gasteiger partial charge in [0.2, 0.25) is 0 Å². The quantitative estimate of drug-likeness (QED) is 0.754. The summed E-state index contributed by atoms with van der Waals surface area (Å²) in [5.74, 6) is 1.96. The van der Waals surface area contributed by atoms with Crippen LogP contribution in [0.4, 0.5) is 0 Å². The predicted octanol–water partition coefficient (Wildman–Crippen LogP) is 2.76. The van der Waals surface area contributed by atoms with E-state index in [9.17, 15) is 5.11 Å². The maximum absolute atomic E-state index is 9.88. The van der Waals surface area contributed by atoms with Gasteiger partial charge in [0.25, 0.3) is 0 Å². The molecule has 1 fully saturated rings. The summed E-state index contributed by atoms with van der Waals surface area (Å²) in [6.45, 7) is 12.5. The second-order valence-corrected chi connectivity index (χ2v) is 6.26. The fourth-order valence-corrected chi connectivity index (χ4v) is 2.82. The molecule has 0 amide bonds. The van der Waals surface area contributed by atoms with Gasteiger partial charge in [0.05, 0.1) is 6.10 Å². The lowest BCUT2D eigenvalue weighted by Gasteiger charge is -2.29. The summed E-state index contributed by atoms with van der Waals surface area (Å²) in [5.41, 5.74) is 0. The van der Waals surface area contributed by atoms with Crippen LogP contribution in [-0.4, -0.2) is 35.7 Å². The first-order valence-electron chi connectivity index (χ1n) is 6.89. The van der Waals surface area contributed by atoms with Crippen molar-refractivity contribution < 1.29 is 5.11 Å². The van der Waals surface area contributed by atoms with Crippen LogP contribution in [0.5, 0.6) is 0 Å². The Balaban J connectivity index is 2.41. The average Bonchev–Trinajstić information content (AvgIpc) is 2.49. The highest BCUT2D eigenvalue weighted by Gasteiger charge is 2.27. The van der Waals surface area contributed by atoms with Crippen LogP contribution in [0, 0.1) is 17.8 Å². The Hall–Kier alpha value is -0.0800. The fourth-order valence-electron chi connectivity index (χ4n) is 2.82. The molecule has 0 saturated heterocycles. The van der Waals surface area contributed by atoms with Gasteiger partial charge in [-0.2, -0.15) is 0 Å². The Morgan fingerprint density at radius 3 is 2.00 bits per heavy atom. The Morgan fingerprint density at radius 2 is 1.62 bits per heavy atom.